The molecule has 0 aliphatic rings. The van der Waals surface area contributed by atoms with E-state index in [0.29, 0.717) is 11.3 Å². The highest BCUT2D eigenvalue weighted by Crippen LogP contribution is 2.37. The summed E-state index contributed by atoms with van der Waals surface area (Å²) in [5.41, 5.74) is 1.15. The van der Waals surface area contributed by atoms with Crippen molar-refractivity contribution in [2.75, 3.05) is 7.11 Å². The van der Waals surface area contributed by atoms with Gasteiger partial charge in [0, 0.05) is 17.1 Å². The van der Waals surface area contributed by atoms with Crippen molar-refractivity contribution in [1.82, 2.24) is 4.98 Å². The average Bonchev–Trinajstić information content (AvgIpc) is 2.49. The van der Waals surface area contributed by atoms with Crippen molar-refractivity contribution in [1.29, 1.82) is 0 Å². The van der Waals surface area contributed by atoms with Crippen molar-refractivity contribution in [3.05, 3.63) is 59.6 Å². The van der Waals surface area contributed by atoms with Gasteiger partial charge in [0.2, 0.25) is 0 Å². The van der Waals surface area contributed by atoms with E-state index in [2.05, 4.69) is 4.98 Å². The predicted molar refractivity (Wildman–Crippen MR) is 78.7 cm³/mol. The smallest absolute Gasteiger partial charge is 0.168 e. The van der Waals surface area contributed by atoms with E-state index < -0.39 is 5.82 Å². The molecule has 0 spiro atoms. The number of halogens is 2. The summed E-state index contributed by atoms with van der Waals surface area (Å²) in [6.07, 6.45) is 1.50. The molecule has 0 fully saturated rings. The summed E-state index contributed by atoms with van der Waals surface area (Å²) in [5, 5.41) is 1.71. The minimum absolute atomic E-state index is 0.130. The first-order chi connectivity index (χ1) is 9.72. The first-order valence-corrected chi connectivity index (χ1v) is 6.46. The molecule has 0 amide bonds. The van der Waals surface area contributed by atoms with Crippen LogP contribution in [0, 0.1) is 5.82 Å². The van der Waals surface area contributed by atoms with Crippen LogP contribution < -0.4 is 4.74 Å². The molecule has 0 saturated heterocycles. The third-order valence-corrected chi connectivity index (χ3v) is 3.49. The van der Waals surface area contributed by atoms with E-state index in [-0.39, 0.29) is 5.15 Å². The second-order valence-electron chi connectivity index (χ2n) is 4.33. The predicted octanol–water partition coefficient (Wildman–Crippen LogP) is 4.70. The van der Waals surface area contributed by atoms with Gasteiger partial charge in [-0.25, -0.2) is 9.37 Å². The van der Waals surface area contributed by atoms with Crippen LogP contribution in [0.15, 0.2) is 48.7 Å². The number of methoxy groups -OCH3 is 1. The fraction of sp³-hybridized carbons (Fsp3) is 0.0625. The molecular weight excluding hydrogens is 277 g/mol. The van der Waals surface area contributed by atoms with Crippen LogP contribution in [0.2, 0.25) is 5.15 Å². The van der Waals surface area contributed by atoms with E-state index in [9.17, 15) is 4.39 Å². The molecule has 0 unspecified atom stereocenters. The molecule has 2 aromatic carbocycles. The standard InChI is InChI=1S/C16H11ClFNO/c1-20-13-7-3-5-10-4-2-6-11(14(10)13)12-8-9-19-16(17)15(12)18/h2-9H,1H3. The Balaban J connectivity index is 2.39. The number of hydrogen-bond acceptors (Lipinski definition) is 2. The molecule has 0 radical (unpaired) electrons. The number of benzene rings is 2. The number of aromatic nitrogens is 1. The third-order valence-electron chi connectivity index (χ3n) is 3.22. The molecule has 4 heteroatoms. The van der Waals surface area contributed by atoms with Crippen LogP contribution in [0.5, 0.6) is 5.75 Å². The van der Waals surface area contributed by atoms with Gasteiger partial charge in [-0.15, -0.1) is 0 Å². The van der Waals surface area contributed by atoms with Gasteiger partial charge in [-0.3, -0.25) is 0 Å². The van der Waals surface area contributed by atoms with Crippen molar-refractivity contribution in [3.8, 4) is 16.9 Å². The van der Waals surface area contributed by atoms with Gasteiger partial charge in [0.25, 0.3) is 0 Å². The molecule has 3 aromatic rings. The van der Waals surface area contributed by atoms with Crippen LogP contribution in [0.25, 0.3) is 21.9 Å². The van der Waals surface area contributed by atoms with E-state index >= 15 is 0 Å². The fourth-order valence-corrected chi connectivity index (χ4v) is 2.49. The minimum Gasteiger partial charge on any atom is -0.496 e. The van der Waals surface area contributed by atoms with Crippen molar-refractivity contribution < 1.29 is 9.13 Å². The SMILES string of the molecule is COc1cccc2cccc(-c3ccnc(Cl)c3F)c12. The van der Waals surface area contributed by atoms with Gasteiger partial charge in [-0.05, 0) is 23.1 Å². The van der Waals surface area contributed by atoms with Crippen molar-refractivity contribution in [2.24, 2.45) is 0 Å². The highest BCUT2D eigenvalue weighted by Gasteiger charge is 2.14. The Labute approximate surface area is 120 Å². The van der Waals surface area contributed by atoms with E-state index in [1.807, 2.05) is 36.4 Å². The molecular formula is C16H11ClFNO. The first kappa shape index (κ1) is 12.9. The Morgan fingerprint density at radius 3 is 2.55 bits per heavy atom. The normalized spacial score (nSPS) is 10.8. The maximum Gasteiger partial charge on any atom is 0.168 e. The summed E-state index contributed by atoms with van der Waals surface area (Å²) in [6, 6.07) is 13.0. The van der Waals surface area contributed by atoms with Gasteiger partial charge >= 0.3 is 0 Å². The van der Waals surface area contributed by atoms with Crippen LogP contribution >= 0.6 is 11.6 Å². The number of fused-ring (bicyclic) bond motifs is 1. The second kappa shape index (κ2) is 5.10. The number of pyridine rings is 1. The molecule has 1 aromatic heterocycles. The van der Waals surface area contributed by atoms with Crippen LogP contribution in [-0.2, 0) is 0 Å². The number of nitrogens with zero attached hydrogens (tertiary/aromatic N) is 1. The Kier molecular flexibility index (Phi) is 3.28. The maximum absolute atomic E-state index is 14.2. The van der Waals surface area contributed by atoms with Gasteiger partial charge in [0.05, 0.1) is 7.11 Å². The van der Waals surface area contributed by atoms with Gasteiger partial charge < -0.3 is 4.74 Å². The van der Waals surface area contributed by atoms with Crippen molar-refractivity contribution in [3.63, 3.8) is 0 Å². The van der Waals surface area contributed by atoms with Gasteiger partial charge in [-0.2, -0.15) is 0 Å². The lowest BCUT2D eigenvalue weighted by atomic mass is 9.98. The lowest BCUT2D eigenvalue weighted by molar-refractivity contribution is 0.420. The maximum atomic E-state index is 14.2. The Hall–Kier alpha value is -2.13. The molecule has 0 bridgehead atoms. The Morgan fingerprint density at radius 2 is 1.80 bits per heavy atom. The summed E-state index contributed by atoms with van der Waals surface area (Å²) in [4.78, 5) is 3.75. The highest BCUT2D eigenvalue weighted by molar-refractivity contribution is 6.29. The number of ether oxygens (including phenoxy) is 1. The summed E-state index contributed by atoms with van der Waals surface area (Å²) < 4.78 is 19.6. The topological polar surface area (TPSA) is 22.1 Å². The molecule has 3 rings (SSSR count). The zero-order valence-electron chi connectivity index (χ0n) is 10.7. The summed E-state index contributed by atoms with van der Waals surface area (Å²) in [7, 11) is 1.60. The zero-order valence-corrected chi connectivity index (χ0v) is 11.5. The average molecular weight is 288 g/mol. The minimum atomic E-state index is -0.521. The first-order valence-electron chi connectivity index (χ1n) is 6.08. The van der Waals surface area contributed by atoms with E-state index in [0.717, 1.165) is 16.3 Å². The molecule has 1 heterocycles. The van der Waals surface area contributed by atoms with Crippen LogP contribution in [0.4, 0.5) is 4.39 Å². The third kappa shape index (κ3) is 2.00. The molecule has 0 atom stereocenters. The van der Waals surface area contributed by atoms with E-state index in [1.165, 1.54) is 6.20 Å². The number of hydrogen-bond donors (Lipinski definition) is 0. The van der Waals surface area contributed by atoms with Crippen LogP contribution in [0.3, 0.4) is 0 Å². The summed E-state index contributed by atoms with van der Waals surface area (Å²) >= 11 is 5.77. The lowest BCUT2D eigenvalue weighted by Gasteiger charge is -2.11. The van der Waals surface area contributed by atoms with E-state index in [4.69, 9.17) is 16.3 Å². The molecule has 0 saturated carbocycles. The zero-order chi connectivity index (χ0) is 14.1. The highest BCUT2D eigenvalue weighted by atomic mass is 35.5. The van der Waals surface area contributed by atoms with Gasteiger partial charge in [0.1, 0.15) is 5.75 Å². The molecule has 0 N–H and O–H groups in total. The summed E-state index contributed by atoms with van der Waals surface area (Å²) in [6.45, 7) is 0. The van der Waals surface area contributed by atoms with Crippen LogP contribution in [-0.4, -0.2) is 12.1 Å². The quantitative estimate of drug-likeness (QED) is 0.637. The van der Waals surface area contributed by atoms with Crippen LogP contribution in [0.1, 0.15) is 0 Å². The monoisotopic (exact) mass is 287 g/mol. The van der Waals surface area contributed by atoms with Gasteiger partial charge in [0.15, 0.2) is 11.0 Å². The molecule has 100 valence electrons. The van der Waals surface area contributed by atoms with Crippen molar-refractivity contribution in [2.45, 2.75) is 0 Å². The molecule has 0 aliphatic carbocycles. The Bertz CT molecular complexity index is 783. The largest absolute Gasteiger partial charge is 0.496 e. The molecule has 2 nitrogen and oxygen atoms in total. The fourth-order valence-electron chi connectivity index (χ4n) is 2.33. The number of rotatable bonds is 2. The summed E-state index contributed by atoms with van der Waals surface area (Å²) in [5.74, 6) is 0.179. The van der Waals surface area contributed by atoms with Gasteiger partial charge in [-0.1, -0.05) is 41.9 Å². The molecule has 0 aliphatic heterocycles. The second-order valence-corrected chi connectivity index (χ2v) is 4.69. The van der Waals surface area contributed by atoms with E-state index in [1.54, 1.807) is 13.2 Å². The Morgan fingerprint density at radius 1 is 1.05 bits per heavy atom. The lowest BCUT2D eigenvalue weighted by Crippen LogP contribution is -1.92. The van der Waals surface area contributed by atoms with Crippen molar-refractivity contribution >= 4 is 22.4 Å². The molecule has 20 heavy (non-hydrogen) atoms.